The highest BCUT2D eigenvalue weighted by Gasteiger charge is 2.47. The smallest absolute Gasteiger partial charge is 0.0714 e. The Kier molecular flexibility index (Phi) is 8.49. The highest BCUT2D eigenvalue weighted by molar-refractivity contribution is 6.15. The van der Waals surface area contributed by atoms with E-state index in [0.717, 1.165) is 11.4 Å². The number of fused-ring (bicyclic) bond motifs is 8. The van der Waals surface area contributed by atoms with Gasteiger partial charge < -0.3 is 4.90 Å². The van der Waals surface area contributed by atoms with E-state index in [1.54, 1.807) is 0 Å². The van der Waals surface area contributed by atoms with Gasteiger partial charge in [-0.2, -0.15) is 0 Å². The molecule has 2 aliphatic carbocycles. The highest BCUT2D eigenvalue weighted by atomic mass is 15.1. The van der Waals surface area contributed by atoms with Crippen LogP contribution in [0.15, 0.2) is 237 Å². The lowest BCUT2D eigenvalue weighted by molar-refractivity contribution is 0.666. The summed E-state index contributed by atoms with van der Waals surface area (Å²) in [6, 6.07) is 87.8. The van der Waals surface area contributed by atoms with E-state index in [0.29, 0.717) is 0 Å². The monoisotopic (exact) mass is 803 g/mol. The second kappa shape index (κ2) is 14.4. The molecule has 0 atom stereocenters. The largest absolute Gasteiger partial charge is 0.309 e. The molecule has 0 heterocycles. The van der Waals surface area contributed by atoms with Crippen LogP contribution in [-0.2, 0) is 10.8 Å². The van der Waals surface area contributed by atoms with E-state index in [2.05, 4.69) is 255 Å². The van der Waals surface area contributed by atoms with Crippen LogP contribution >= 0.6 is 0 Å². The van der Waals surface area contributed by atoms with Crippen LogP contribution in [0.1, 0.15) is 47.2 Å². The zero-order valence-electron chi connectivity index (χ0n) is 35.5. The fourth-order valence-electron chi connectivity index (χ4n) is 11.2. The molecule has 0 N–H and O–H groups in total. The molecule has 0 spiro atoms. The minimum atomic E-state index is -0.546. The van der Waals surface area contributed by atoms with Crippen molar-refractivity contribution in [3.05, 3.63) is 270 Å². The number of rotatable bonds is 7. The third-order valence-corrected chi connectivity index (χ3v) is 13.9. The maximum atomic E-state index is 2.59. The van der Waals surface area contributed by atoms with Crippen molar-refractivity contribution in [3.63, 3.8) is 0 Å². The molecular weight excluding hydrogens is 759 g/mol. The summed E-state index contributed by atoms with van der Waals surface area (Å²) in [6.07, 6.45) is 0. The predicted octanol–water partition coefficient (Wildman–Crippen LogP) is 16.3. The lowest BCUT2D eigenvalue weighted by atomic mass is 9.67. The van der Waals surface area contributed by atoms with Gasteiger partial charge in [0, 0.05) is 27.9 Å². The molecule has 0 amide bonds. The van der Waals surface area contributed by atoms with Crippen molar-refractivity contribution in [3.8, 4) is 44.5 Å². The number of benzene rings is 10. The Morgan fingerprint density at radius 1 is 0.333 bits per heavy atom. The average Bonchev–Trinajstić information content (AvgIpc) is 3.78. The molecular formula is C62H45N. The van der Waals surface area contributed by atoms with Gasteiger partial charge >= 0.3 is 0 Å². The van der Waals surface area contributed by atoms with Gasteiger partial charge in [-0.1, -0.05) is 226 Å². The number of nitrogens with zero attached hydrogens (tertiary/aromatic N) is 1. The normalized spacial score (nSPS) is 13.8. The maximum Gasteiger partial charge on any atom is 0.0714 e. The van der Waals surface area contributed by atoms with E-state index in [-0.39, 0.29) is 5.41 Å². The summed E-state index contributed by atoms with van der Waals surface area (Å²) in [5.74, 6) is 0. The molecule has 12 rings (SSSR count). The number of anilines is 3. The van der Waals surface area contributed by atoms with Gasteiger partial charge in [-0.25, -0.2) is 0 Å². The molecule has 63 heavy (non-hydrogen) atoms. The first-order valence-electron chi connectivity index (χ1n) is 22.1. The van der Waals surface area contributed by atoms with Crippen LogP contribution in [0.4, 0.5) is 17.1 Å². The predicted molar refractivity (Wildman–Crippen MR) is 264 cm³/mol. The van der Waals surface area contributed by atoms with Gasteiger partial charge in [-0.3, -0.25) is 0 Å². The van der Waals surface area contributed by atoms with E-state index >= 15 is 0 Å². The molecule has 0 fully saturated rings. The van der Waals surface area contributed by atoms with E-state index in [1.807, 2.05) is 0 Å². The Bertz CT molecular complexity index is 3290. The quantitative estimate of drug-likeness (QED) is 0.155. The summed E-state index contributed by atoms with van der Waals surface area (Å²) in [5.41, 5.74) is 20.4. The van der Waals surface area contributed by atoms with Crippen LogP contribution in [-0.4, -0.2) is 0 Å². The first kappa shape index (κ1) is 37.1. The molecule has 0 unspecified atom stereocenters. The summed E-state index contributed by atoms with van der Waals surface area (Å²) in [6.45, 7) is 4.82. The highest BCUT2D eigenvalue weighted by Crippen LogP contribution is 2.62. The van der Waals surface area contributed by atoms with Gasteiger partial charge in [0.25, 0.3) is 0 Å². The maximum absolute atomic E-state index is 2.59. The molecule has 0 aromatic heterocycles. The summed E-state index contributed by atoms with van der Waals surface area (Å²) in [4.78, 5) is 2.59. The Morgan fingerprint density at radius 3 is 1.46 bits per heavy atom. The van der Waals surface area contributed by atoms with Gasteiger partial charge in [-0.05, 0) is 102 Å². The third kappa shape index (κ3) is 5.49. The molecule has 0 radical (unpaired) electrons. The molecule has 10 aromatic carbocycles. The summed E-state index contributed by atoms with van der Waals surface area (Å²) >= 11 is 0. The van der Waals surface area contributed by atoms with Gasteiger partial charge in [0.2, 0.25) is 0 Å². The SMILES string of the molecule is CC1(C)c2ccccc2-c2c(N(c3ccc(-c4ccccc4)cc3)c3ccc4c(c3)C(c3ccccc3)(c3ccccc3)c3ccccc3-4)c(-c3ccccc3)c3ccccc3c21. The lowest BCUT2D eigenvalue weighted by Gasteiger charge is -2.36. The fraction of sp³-hybridized carbons (Fsp3) is 0.0645. The molecule has 0 saturated carbocycles. The van der Waals surface area contributed by atoms with E-state index in [9.17, 15) is 0 Å². The van der Waals surface area contributed by atoms with E-state index in [4.69, 9.17) is 0 Å². The van der Waals surface area contributed by atoms with Crippen LogP contribution in [0, 0.1) is 0 Å². The van der Waals surface area contributed by atoms with Crippen molar-refractivity contribution in [2.45, 2.75) is 24.7 Å². The second-order valence-corrected chi connectivity index (χ2v) is 17.6. The Labute approximate surface area is 370 Å². The topological polar surface area (TPSA) is 3.24 Å². The zero-order chi connectivity index (χ0) is 42.1. The van der Waals surface area contributed by atoms with Crippen LogP contribution in [0.25, 0.3) is 55.3 Å². The minimum Gasteiger partial charge on any atom is -0.309 e. The fourth-order valence-corrected chi connectivity index (χ4v) is 11.2. The average molecular weight is 804 g/mol. The van der Waals surface area contributed by atoms with Gasteiger partial charge in [0.1, 0.15) is 0 Å². The summed E-state index contributed by atoms with van der Waals surface area (Å²) in [5, 5.41) is 2.55. The third-order valence-electron chi connectivity index (χ3n) is 13.9. The van der Waals surface area contributed by atoms with Crippen molar-refractivity contribution < 1.29 is 0 Å². The standard InChI is InChI=1S/C62H45N/c1-61(2)54-33-19-18-32-53(54)58-59(61)52-31-16-15-30-51(52)57(44-23-9-4-10-24-44)60(58)63(47-37-35-43(36-38-47)42-21-7-3-8-22-42)48-39-40-50-49-29-17-20-34-55(49)62(56(50)41-48,45-25-11-5-12-26-45)46-27-13-6-14-28-46/h3-41H,1-2H3. The Balaban J connectivity index is 1.23. The van der Waals surface area contributed by atoms with Gasteiger partial charge in [-0.15, -0.1) is 0 Å². The van der Waals surface area contributed by atoms with Crippen LogP contribution < -0.4 is 4.90 Å². The molecule has 298 valence electrons. The molecule has 1 nitrogen and oxygen atoms in total. The first-order valence-corrected chi connectivity index (χ1v) is 22.1. The van der Waals surface area contributed by atoms with Crippen LogP contribution in [0.2, 0.25) is 0 Å². The molecule has 0 saturated heterocycles. The number of hydrogen-bond acceptors (Lipinski definition) is 1. The molecule has 0 aliphatic heterocycles. The van der Waals surface area contributed by atoms with Crippen molar-refractivity contribution in [2.24, 2.45) is 0 Å². The van der Waals surface area contributed by atoms with Crippen molar-refractivity contribution in [1.82, 2.24) is 0 Å². The van der Waals surface area contributed by atoms with Crippen molar-refractivity contribution in [1.29, 1.82) is 0 Å². The molecule has 2 aliphatic rings. The van der Waals surface area contributed by atoms with E-state index < -0.39 is 5.41 Å². The summed E-state index contributed by atoms with van der Waals surface area (Å²) < 4.78 is 0. The molecule has 10 aromatic rings. The zero-order valence-corrected chi connectivity index (χ0v) is 35.5. The Hall–Kier alpha value is -7.74. The first-order chi connectivity index (χ1) is 31.0. The molecule has 1 heteroatoms. The van der Waals surface area contributed by atoms with Crippen LogP contribution in [0.3, 0.4) is 0 Å². The van der Waals surface area contributed by atoms with Gasteiger partial charge in [0.05, 0.1) is 11.1 Å². The second-order valence-electron chi connectivity index (χ2n) is 17.6. The molecule has 0 bridgehead atoms. The number of hydrogen-bond donors (Lipinski definition) is 0. The summed E-state index contributed by atoms with van der Waals surface area (Å²) in [7, 11) is 0. The van der Waals surface area contributed by atoms with Gasteiger partial charge in [0.15, 0.2) is 0 Å². The lowest BCUT2D eigenvalue weighted by Crippen LogP contribution is -2.28. The van der Waals surface area contributed by atoms with E-state index in [1.165, 1.54) is 94.3 Å². The van der Waals surface area contributed by atoms with Crippen molar-refractivity contribution in [2.75, 3.05) is 4.90 Å². The Morgan fingerprint density at radius 2 is 0.810 bits per heavy atom. The van der Waals surface area contributed by atoms with Crippen molar-refractivity contribution >= 4 is 27.8 Å². The minimum absolute atomic E-state index is 0.242. The van der Waals surface area contributed by atoms with Crippen LogP contribution in [0.5, 0.6) is 0 Å².